The van der Waals surface area contributed by atoms with Crippen molar-refractivity contribution in [1.29, 1.82) is 0 Å². The zero-order valence-electron chi connectivity index (χ0n) is 11.1. The van der Waals surface area contributed by atoms with Gasteiger partial charge in [0.2, 0.25) is 0 Å². The molecule has 2 N–H and O–H groups in total. The van der Waals surface area contributed by atoms with E-state index in [9.17, 15) is 4.39 Å². The Balaban J connectivity index is 1.61. The van der Waals surface area contributed by atoms with Gasteiger partial charge in [0.25, 0.3) is 0 Å². The van der Waals surface area contributed by atoms with Gasteiger partial charge in [0.1, 0.15) is 30.0 Å². The van der Waals surface area contributed by atoms with Gasteiger partial charge in [-0.05, 0) is 24.3 Å². The van der Waals surface area contributed by atoms with E-state index in [1.807, 2.05) is 0 Å². The molecule has 108 valence electrons. The molecule has 1 atom stereocenters. The van der Waals surface area contributed by atoms with E-state index < -0.39 is 7.12 Å². The van der Waals surface area contributed by atoms with E-state index in [1.54, 1.807) is 6.07 Å². The van der Waals surface area contributed by atoms with Crippen LogP contribution in [0.3, 0.4) is 0 Å². The maximum Gasteiger partial charge on any atom is 0.490 e. The summed E-state index contributed by atoms with van der Waals surface area (Å²) in [5.74, 6) is 0.807. The number of aromatic nitrogens is 1. The Hall–Kier alpha value is -2.12. The Bertz CT molecular complexity index is 653. The zero-order valence-corrected chi connectivity index (χ0v) is 11.1. The highest BCUT2D eigenvalue weighted by Crippen LogP contribution is 2.29. The van der Waals surface area contributed by atoms with E-state index in [-0.39, 0.29) is 24.0 Å². The van der Waals surface area contributed by atoms with Crippen LogP contribution in [-0.4, -0.2) is 34.9 Å². The molecule has 0 spiro atoms. The minimum atomic E-state index is -1.59. The Labute approximate surface area is 121 Å². The minimum Gasteiger partial charge on any atom is -0.488 e. The number of fused-ring (bicyclic) bond motifs is 1. The third kappa shape index (κ3) is 3.14. The van der Waals surface area contributed by atoms with Gasteiger partial charge in [-0.1, -0.05) is 0 Å². The average molecular weight is 289 g/mol. The fourth-order valence-electron chi connectivity index (χ4n) is 2.23. The van der Waals surface area contributed by atoms with Crippen LogP contribution in [0.5, 0.6) is 11.5 Å². The van der Waals surface area contributed by atoms with Crippen molar-refractivity contribution in [1.82, 2.24) is 4.98 Å². The van der Waals surface area contributed by atoms with Gasteiger partial charge in [0, 0.05) is 23.6 Å². The summed E-state index contributed by atoms with van der Waals surface area (Å²) in [5, 5.41) is 18.1. The maximum atomic E-state index is 13.1. The van der Waals surface area contributed by atoms with Crippen molar-refractivity contribution in [3.63, 3.8) is 0 Å². The molecule has 1 aliphatic rings. The van der Waals surface area contributed by atoms with Gasteiger partial charge in [0.05, 0.1) is 6.20 Å². The number of ether oxygens (including phenoxy) is 2. The lowest BCUT2D eigenvalue weighted by Gasteiger charge is -2.12. The van der Waals surface area contributed by atoms with Crippen LogP contribution >= 0.6 is 0 Å². The lowest BCUT2D eigenvalue weighted by atomic mass is 9.82. The zero-order chi connectivity index (χ0) is 14.8. The topological polar surface area (TPSA) is 71.8 Å². The van der Waals surface area contributed by atoms with E-state index >= 15 is 0 Å². The molecule has 2 aromatic rings. The predicted molar refractivity (Wildman–Crippen MR) is 74.1 cm³/mol. The number of rotatable bonds is 4. The molecule has 1 aromatic heterocycles. The Morgan fingerprint density at radius 2 is 2.19 bits per heavy atom. The van der Waals surface area contributed by atoms with E-state index in [2.05, 4.69) is 4.98 Å². The summed E-state index contributed by atoms with van der Waals surface area (Å²) in [7, 11) is -1.59. The first kappa shape index (κ1) is 13.8. The molecule has 0 radical (unpaired) electrons. The maximum absolute atomic E-state index is 13.1. The highest BCUT2D eigenvalue weighted by molar-refractivity contribution is 6.58. The molecule has 7 heteroatoms. The monoisotopic (exact) mass is 289 g/mol. The number of hydrogen-bond donors (Lipinski definition) is 2. The minimum absolute atomic E-state index is 0.204. The van der Waals surface area contributed by atoms with Crippen molar-refractivity contribution in [2.45, 2.75) is 12.5 Å². The first-order valence-corrected chi connectivity index (χ1v) is 6.51. The molecular weight excluding hydrogens is 276 g/mol. The molecule has 3 rings (SSSR count). The first-order chi connectivity index (χ1) is 10.1. The van der Waals surface area contributed by atoms with Gasteiger partial charge < -0.3 is 19.5 Å². The second-order valence-electron chi connectivity index (χ2n) is 4.83. The summed E-state index contributed by atoms with van der Waals surface area (Å²) in [5.41, 5.74) is 1.08. The average Bonchev–Trinajstić information content (AvgIpc) is 2.87. The predicted octanol–water partition coefficient (Wildman–Crippen LogP) is 0.283. The SMILES string of the molecule is OB(O)c1cncc(OCC2Cc3cc(F)ccc3O2)c1. The lowest BCUT2D eigenvalue weighted by molar-refractivity contribution is 0.148. The molecule has 0 aliphatic carbocycles. The van der Waals surface area contributed by atoms with E-state index in [1.165, 1.54) is 30.6 Å². The van der Waals surface area contributed by atoms with Crippen molar-refractivity contribution in [2.24, 2.45) is 0 Å². The third-order valence-electron chi connectivity index (χ3n) is 3.23. The van der Waals surface area contributed by atoms with Crippen LogP contribution in [0.15, 0.2) is 36.7 Å². The fourth-order valence-corrected chi connectivity index (χ4v) is 2.23. The number of hydrogen-bond acceptors (Lipinski definition) is 5. The van der Waals surface area contributed by atoms with Crippen molar-refractivity contribution < 1.29 is 23.9 Å². The summed E-state index contributed by atoms with van der Waals surface area (Å²) in [4.78, 5) is 3.87. The van der Waals surface area contributed by atoms with Crippen molar-refractivity contribution in [3.05, 3.63) is 48.0 Å². The number of benzene rings is 1. The van der Waals surface area contributed by atoms with Crippen LogP contribution < -0.4 is 14.9 Å². The highest BCUT2D eigenvalue weighted by atomic mass is 19.1. The molecule has 5 nitrogen and oxygen atoms in total. The van der Waals surface area contributed by atoms with Crippen LogP contribution in [0.2, 0.25) is 0 Å². The second kappa shape index (κ2) is 5.71. The summed E-state index contributed by atoms with van der Waals surface area (Å²) in [6.45, 7) is 0.267. The molecule has 1 aromatic carbocycles. The molecule has 0 saturated heterocycles. The first-order valence-electron chi connectivity index (χ1n) is 6.51. The van der Waals surface area contributed by atoms with Crippen molar-refractivity contribution in [3.8, 4) is 11.5 Å². The van der Waals surface area contributed by atoms with Crippen LogP contribution in [0.1, 0.15) is 5.56 Å². The Morgan fingerprint density at radius 3 is 3.00 bits per heavy atom. The Kier molecular flexibility index (Phi) is 3.77. The molecule has 1 aliphatic heterocycles. The molecule has 21 heavy (non-hydrogen) atoms. The molecule has 2 heterocycles. The fraction of sp³-hybridized carbons (Fsp3) is 0.214. The van der Waals surface area contributed by atoms with Crippen molar-refractivity contribution in [2.75, 3.05) is 6.61 Å². The van der Waals surface area contributed by atoms with Gasteiger partial charge in [-0.15, -0.1) is 0 Å². The standard InChI is InChI=1S/C14H13BFNO4/c16-11-1-2-14-9(3-11)4-13(21-14)8-20-12-5-10(15(18)19)6-17-7-12/h1-3,5-7,13,18-19H,4,8H2. The second-order valence-corrected chi connectivity index (χ2v) is 4.83. The van der Waals surface area contributed by atoms with Crippen LogP contribution in [0.25, 0.3) is 0 Å². The van der Waals surface area contributed by atoms with E-state index in [0.717, 1.165) is 5.56 Å². The number of halogens is 1. The van der Waals surface area contributed by atoms with Crippen LogP contribution in [-0.2, 0) is 6.42 Å². The smallest absolute Gasteiger partial charge is 0.488 e. The highest BCUT2D eigenvalue weighted by Gasteiger charge is 2.24. The molecule has 0 amide bonds. The van der Waals surface area contributed by atoms with Crippen LogP contribution in [0.4, 0.5) is 4.39 Å². The largest absolute Gasteiger partial charge is 0.490 e. The van der Waals surface area contributed by atoms with Gasteiger partial charge >= 0.3 is 7.12 Å². The third-order valence-corrected chi connectivity index (χ3v) is 3.23. The van der Waals surface area contributed by atoms with Gasteiger partial charge in [-0.3, -0.25) is 4.98 Å². The molecular formula is C14H13BFNO4. The van der Waals surface area contributed by atoms with Gasteiger partial charge in [0.15, 0.2) is 0 Å². The quantitative estimate of drug-likeness (QED) is 0.791. The molecule has 1 unspecified atom stereocenters. The lowest BCUT2D eigenvalue weighted by Crippen LogP contribution is -2.30. The van der Waals surface area contributed by atoms with Gasteiger partial charge in [-0.2, -0.15) is 0 Å². The number of pyridine rings is 1. The molecule has 0 bridgehead atoms. The molecule has 0 saturated carbocycles. The molecule has 0 fully saturated rings. The van der Waals surface area contributed by atoms with Gasteiger partial charge in [-0.25, -0.2) is 4.39 Å². The summed E-state index contributed by atoms with van der Waals surface area (Å²) in [6.07, 6.45) is 3.20. The van der Waals surface area contributed by atoms with E-state index in [0.29, 0.717) is 17.9 Å². The van der Waals surface area contributed by atoms with Crippen LogP contribution in [0, 0.1) is 5.82 Å². The summed E-state index contributed by atoms with van der Waals surface area (Å²) in [6, 6.07) is 5.92. The summed E-state index contributed by atoms with van der Waals surface area (Å²) < 4.78 is 24.3. The van der Waals surface area contributed by atoms with E-state index in [4.69, 9.17) is 19.5 Å². The Morgan fingerprint density at radius 1 is 1.33 bits per heavy atom. The summed E-state index contributed by atoms with van der Waals surface area (Å²) >= 11 is 0. The number of nitrogens with zero attached hydrogens (tertiary/aromatic N) is 1. The normalized spacial score (nSPS) is 16.2. The van der Waals surface area contributed by atoms with Crippen molar-refractivity contribution >= 4 is 12.6 Å².